The summed E-state index contributed by atoms with van der Waals surface area (Å²) in [6.45, 7) is 4.89. The number of benzene rings is 1. The maximum Gasteiger partial charge on any atom is 0.330 e. The molecule has 2 aliphatic rings. The number of aromatic nitrogens is 4. The molecule has 2 heterocycles. The highest BCUT2D eigenvalue weighted by Gasteiger charge is 2.45. The van der Waals surface area contributed by atoms with Gasteiger partial charge in [0.15, 0.2) is 5.82 Å². The standard InChI is InChI=1S/C24H28F3N5O2/c1-13-9-17-15(6-7-16(17)23-28-30-31-29-23)22(32(13)12-24(2,3)27)21-18(25)10-14(11-19(21)26)5-8-20(33)34-4/h5,8,10-11,13,16,22H,6-7,9,12H2,1-4H3,(H,28,29,30,31)/b8-5+. The Morgan fingerprint density at radius 1 is 1.29 bits per heavy atom. The summed E-state index contributed by atoms with van der Waals surface area (Å²) in [5.41, 5.74) is 0.433. The first-order valence-electron chi connectivity index (χ1n) is 11.2. The molecule has 1 aromatic heterocycles. The van der Waals surface area contributed by atoms with E-state index in [9.17, 15) is 9.18 Å². The monoisotopic (exact) mass is 475 g/mol. The number of nitrogens with one attached hydrogen (secondary N) is 1. The molecule has 182 valence electrons. The maximum absolute atomic E-state index is 15.5. The Morgan fingerprint density at radius 3 is 2.59 bits per heavy atom. The van der Waals surface area contributed by atoms with Gasteiger partial charge >= 0.3 is 5.97 Å². The number of methoxy groups -OCH3 is 1. The van der Waals surface area contributed by atoms with Crippen molar-refractivity contribution in [2.75, 3.05) is 13.7 Å². The van der Waals surface area contributed by atoms with Crippen LogP contribution in [-0.2, 0) is 9.53 Å². The number of aromatic amines is 1. The summed E-state index contributed by atoms with van der Waals surface area (Å²) in [5, 5.41) is 14.4. The maximum atomic E-state index is 15.5. The molecule has 0 saturated heterocycles. The van der Waals surface area contributed by atoms with Gasteiger partial charge in [0, 0.05) is 30.1 Å². The SMILES string of the molecule is COC(=O)/C=C/c1cc(F)c(C2C3=C(CC(C)N2CC(C)(C)F)C(c2nn[nH]n2)CC3)c(F)c1. The number of H-pyrrole nitrogens is 1. The van der Waals surface area contributed by atoms with Crippen LogP contribution in [0.2, 0.25) is 0 Å². The highest BCUT2D eigenvalue weighted by molar-refractivity contribution is 5.86. The van der Waals surface area contributed by atoms with Crippen LogP contribution in [0, 0.1) is 11.6 Å². The van der Waals surface area contributed by atoms with Gasteiger partial charge in [0.2, 0.25) is 0 Å². The molecule has 2 aromatic rings. The van der Waals surface area contributed by atoms with Crippen molar-refractivity contribution in [3.05, 3.63) is 57.9 Å². The number of tetrazole rings is 1. The molecule has 34 heavy (non-hydrogen) atoms. The number of hydrogen-bond donors (Lipinski definition) is 1. The van der Waals surface area contributed by atoms with Gasteiger partial charge in [-0.25, -0.2) is 18.0 Å². The molecule has 3 atom stereocenters. The van der Waals surface area contributed by atoms with E-state index in [1.54, 1.807) is 0 Å². The van der Waals surface area contributed by atoms with E-state index in [4.69, 9.17) is 0 Å². The lowest BCUT2D eigenvalue weighted by atomic mass is 9.83. The molecular formula is C24H28F3N5O2. The van der Waals surface area contributed by atoms with E-state index in [2.05, 4.69) is 25.4 Å². The Kier molecular flexibility index (Phi) is 6.62. The van der Waals surface area contributed by atoms with Crippen molar-refractivity contribution >= 4 is 12.0 Å². The fourth-order valence-corrected chi connectivity index (χ4v) is 5.15. The molecule has 1 aromatic carbocycles. The molecule has 10 heteroatoms. The number of rotatable bonds is 6. The zero-order valence-corrected chi connectivity index (χ0v) is 19.6. The molecule has 0 bridgehead atoms. The number of nitrogens with zero attached hydrogens (tertiary/aromatic N) is 4. The molecule has 1 aliphatic heterocycles. The number of esters is 1. The van der Waals surface area contributed by atoms with Gasteiger partial charge in [-0.3, -0.25) is 4.90 Å². The average molecular weight is 476 g/mol. The van der Waals surface area contributed by atoms with Crippen LogP contribution in [-0.4, -0.2) is 56.9 Å². The molecule has 7 nitrogen and oxygen atoms in total. The minimum atomic E-state index is -1.56. The van der Waals surface area contributed by atoms with Crippen molar-refractivity contribution in [3.8, 4) is 0 Å². The number of ether oxygens (including phenoxy) is 1. The fourth-order valence-electron chi connectivity index (χ4n) is 5.15. The molecule has 1 aliphatic carbocycles. The Morgan fingerprint density at radius 2 is 2.00 bits per heavy atom. The second kappa shape index (κ2) is 9.32. The van der Waals surface area contributed by atoms with Gasteiger partial charge in [-0.2, -0.15) is 5.21 Å². The zero-order chi connectivity index (χ0) is 24.6. The van der Waals surface area contributed by atoms with Crippen molar-refractivity contribution < 1.29 is 22.7 Å². The van der Waals surface area contributed by atoms with Crippen LogP contribution in [0.3, 0.4) is 0 Å². The first-order chi connectivity index (χ1) is 16.1. The van der Waals surface area contributed by atoms with Crippen LogP contribution >= 0.6 is 0 Å². The van der Waals surface area contributed by atoms with Gasteiger partial charge < -0.3 is 4.74 Å². The van der Waals surface area contributed by atoms with E-state index in [-0.39, 0.29) is 29.6 Å². The van der Waals surface area contributed by atoms with Crippen LogP contribution in [0.25, 0.3) is 6.08 Å². The number of halogens is 3. The van der Waals surface area contributed by atoms with E-state index in [0.29, 0.717) is 25.1 Å². The van der Waals surface area contributed by atoms with Crippen LogP contribution < -0.4 is 0 Å². The first-order valence-corrected chi connectivity index (χ1v) is 11.2. The molecular weight excluding hydrogens is 447 g/mol. The van der Waals surface area contributed by atoms with Gasteiger partial charge in [0.1, 0.15) is 17.3 Å². The third-order valence-electron chi connectivity index (χ3n) is 6.50. The van der Waals surface area contributed by atoms with Gasteiger partial charge in [0.05, 0.1) is 13.2 Å². The number of alkyl halides is 1. The average Bonchev–Trinajstić information content (AvgIpc) is 3.42. The van der Waals surface area contributed by atoms with Crippen LogP contribution in [0.4, 0.5) is 13.2 Å². The molecule has 0 fully saturated rings. The van der Waals surface area contributed by atoms with Crippen LogP contribution in [0.5, 0.6) is 0 Å². The summed E-state index contributed by atoms with van der Waals surface area (Å²) >= 11 is 0. The zero-order valence-electron chi connectivity index (χ0n) is 19.6. The smallest absolute Gasteiger partial charge is 0.330 e. The first kappa shape index (κ1) is 24.1. The third-order valence-corrected chi connectivity index (χ3v) is 6.50. The van der Waals surface area contributed by atoms with Gasteiger partial charge in [-0.1, -0.05) is 10.8 Å². The largest absolute Gasteiger partial charge is 0.466 e. The normalized spacial score (nSPS) is 23.6. The van der Waals surface area contributed by atoms with Gasteiger partial charge in [0.25, 0.3) is 0 Å². The molecule has 3 unspecified atom stereocenters. The number of carbonyl (C=O) groups excluding carboxylic acids is 1. The molecule has 1 N–H and O–H groups in total. The van der Waals surface area contributed by atoms with E-state index >= 15 is 8.78 Å². The summed E-state index contributed by atoms with van der Waals surface area (Å²) in [7, 11) is 1.22. The molecule has 0 radical (unpaired) electrons. The van der Waals surface area contributed by atoms with Gasteiger partial charge in [-0.05, 0) is 69.4 Å². The van der Waals surface area contributed by atoms with Crippen molar-refractivity contribution in [3.63, 3.8) is 0 Å². The Hall–Kier alpha value is -3.01. The van der Waals surface area contributed by atoms with Crippen molar-refractivity contribution in [2.24, 2.45) is 0 Å². The highest BCUT2D eigenvalue weighted by Crippen LogP contribution is 2.52. The summed E-state index contributed by atoms with van der Waals surface area (Å²) in [6.07, 6.45) is 4.31. The molecule has 0 amide bonds. The number of hydrogen-bond acceptors (Lipinski definition) is 6. The van der Waals surface area contributed by atoms with Crippen LogP contribution in [0.1, 0.15) is 68.9 Å². The van der Waals surface area contributed by atoms with Gasteiger partial charge in [-0.15, -0.1) is 10.2 Å². The Labute approximate surface area is 196 Å². The lowest BCUT2D eigenvalue weighted by Gasteiger charge is -2.44. The summed E-state index contributed by atoms with van der Waals surface area (Å²) in [6, 6.07) is 1.44. The molecule has 0 spiro atoms. The van der Waals surface area contributed by atoms with E-state index in [1.807, 2.05) is 11.8 Å². The second-order valence-corrected chi connectivity index (χ2v) is 9.51. The lowest BCUT2D eigenvalue weighted by Crippen LogP contribution is -2.47. The number of carbonyl (C=O) groups is 1. The fraction of sp³-hybridized carbons (Fsp3) is 0.500. The Bertz CT molecular complexity index is 1100. The van der Waals surface area contributed by atoms with E-state index < -0.39 is 29.3 Å². The Balaban J connectivity index is 1.81. The summed E-state index contributed by atoms with van der Waals surface area (Å²) < 4.78 is 50.3. The predicted molar refractivity (Wildman–Crippen MR) is 119 cm³/mol. The summed E-state index contributed by atoms with van der Waals surface area (Å²) in [5.74, 6) is -1.66. The van der Waals surface area contributed by atoms with Crippen molar-refractivity contribution in [1.29, 1.82) is 0 Å². The summed E-state index contributed by atoms with van der Waals surface area (Å²) in [4.78, 5) is 13.2. The van der Waals surface area contributed by atoms with Crippen LogP contribution in [0.15, 0.2) is 29.4 Å². The minimum Gasteiger partial charge on any atom is -0.466 e. The third kappa shape index (κ3) is 4.77. The van der Waals surface area contributed by atoms with E-state index in [1.165, 1.54) is 39.2 Å². The quantitative estimate of drug-likeness (QED) is 0.378. The molecule has 4 rings (SSSR count). The minimum absolute atomic E-state index is 0.0192. The molecule has 0 saturated carbocycles. The second-order valence-electron chi connectivity index (χ2n) is 9.51. The predicted octanol–water partition coefficient (Wildman–Crippen LogP) is 4.42. The van der Waals surface area contributed by atoms with E-state index in [0.717, 1.165) is 17.2 Å². The van der Waals surface area contributed by atoms with Crippen molar-refractivity contribution in [1.82, 2.24) is 25.5 Å². The topological polar surface area (TPSA) is 84.0 Å². The van der Waals surface area contributed by atoms with Crippen molar-refractivity contribution in [2.45, 2.75) is 63.7 Å². The lowest BCUT2D eigenvalue weighted by molar-refractivity contribution is -0.134. The highest BCUT2D eigenvalue weighted by atomic mass is 19.1.